The lowest BCUT2D eigenvalue weighted by atomic mass is 10.1. The van der Waals surface area contributed by atoms with Crippen LogP contribution in [0.3, 0.4) is 0 Å². The van der Waals surface area contributed by atoms with Crippen molar-refractivity contribution in [2.45, 2.75) is 10.9 Å². The van der Waals surface area contributed by atoms with E-state index in [0.29, 0.717) is 22.2 Å². The smallest absolute Gasteiger partial charge is 0.253 e. The van der Waals surface area contributed by atoms with Crippen LogP contribution in [0.4, 0.5) is 0 Å². The first-order valence-corrected chi connectivity index (χ1v) is 11.6. The molecule has 3 aromatic carbocycles. The van der Waals surface area contributed by atoms with Crippen LogP contribution in [0.2, 0.25) is 5.02 Å². The second-order valence-electron chi connectivity index (χ2n) is 7.54. The van der Waals surface area contributed by atoms with Crippen LogP contribution in [0, 0.1) is 0 Å². The van der Waals surface area contributed by atoms with E-state index in [0.717, 1.165) is 27.7 Å². The van der Waals surface area contributed by atoms with Gasteiger partial charge in [0.05, 0.1) is 7.11 Å². The molecule has 0 aliphatic carbocycles. The number of ether oxygens (including phenoxy) is 1. The van der Waals surface area contributed by atoms with E-state index in [4.69, 9.17) is 16.3 Å². The molecule has 0 radical (unpaired) electrons. The van der Waals surface area contributed by atoms with Crippen molar-refractivity contribution in [2.24, 2.45) is 0 Å². The molecule has 8 heteroatoms. The van der Waals surface area contributed by atoms with Gasteiger partial charge < -0.3 is 9.64 Å². The van der Waals surface area contributed by atoms with Crippen molar-refractivity contribution in [3.05, 3.63) is 88.9 Å². The number of nitrogens with zero attached hydrogens (tertiary/aromatic N) is 4. The van der Waals surface area contributed by atoms with Gasteiger partial charge in [0.15, 0.2) is 11.0 Å². The molecule has 0 saturated carbocycles. The van der Waals surface area contributed by atoms with Gasteiger partial charge in [-0.05, 0) is 54.1 Å². The Bertz CT molecular complexity index is 1270. The zero-order valence-corrected chi connectivity index (χ0v) is 20.1. The molecule has 0 unspecified atom stereocenters. The van der Waals surface area contributed by atoms with E-state index in [9.17, 15) is 4.79 Å². The van der Waals surface area contributed by atoms with Crippen molar-refractivity contribution in [3.63, 3.8) is 0 Å². The van der Waals surface area contributed by atoms with E-state index in [2.05, 4.69) is 10.2 Å². The van der Waals surface area contributed by atoms with Gasteiger partial charge in [0.1, 0.15) is 5.75 Å². The molecule has 0 aliphatic rings. The Kier molecular flexibility index (Phi) is 7.01. The van der Waals surface area contributed by atoms with Crippen LogP contribution < -0.4 is 4.74 Å². The summed E-state index contributed by atoms with van der Waals surface area (Å²) in [4.78, 5) is 13.9. The molecule has 1 heterocycles. The van der Waals surface area contributed by atoms with E-state index in [1.165, 1.54) is 0 Å². The standard InChI is InChI=1S/C25H23ClN4O2S/c1-29(2)24(31)19-8-4-6-17(14-19)16-33-25-28-27-23(18-7-5-9-22(15-18)32-3)30(25)21-12-10-20(26)11-13-21/h4-15H,16H2,1-3H3. The molecule has 1 amide bonds. The molecule has 0 aliphatic heterocycles. The van der Waals surface area contributed by atoms with Crippen LogP contribution in [0.1, 0.15) is 15.9 Å². The maximum absolute atomic E-state index is 12.3. The van der Waals surface area contributed by atoms with Crippen LogP contribution in [-0.2, 0) is 5.75 Å². The third-order valence-corrected chi connectivity index (χ3v) is 6.25. The molecular formula is C25H23ClN4O2S. The molecular weight excluding hydrogens is 456 g/mol. The number of methoxy groups -OCH3 is 1. The Morgan fingerprint density at radius 3 is 2.52 bits per heavy atom. The van der Waals surface area contributed by atoms with Gasteiger partial charge in [-0.25, -0.2) is 0 Å². The lowest BCUT2D eigenvalue weighted by Crippen LogP contribution is -2.21. The topological polar surface area (TPSA) is 60.3 Å². The highest BCUT2D eigenvalue weighted by molar-refractivity contribution is 7.98. The molecule has 1 aromatic heterocycles. The van der Waals surface area contributed by atoms with Gasteiger partial charge in [0, 0.05) is 41.7 Å². The predicted molar refractivity (Wildman–Crippen MR) is 132 cm³/mol. The van der Waals surface area contributed by atoms with Crippen molar-refractivity contribution < 1.29 is 9.53 Å². The fraction of sp³-hybridized carbons (Fsp3) is 0.160. The fourth-order valence-electron chi connectivity index (χ4n) is 3.34. The quantitative estimate of drug-likeness (QED) is 0.324. The summed E-state index contributed by atoms with van der Waals surface area (Å²) in [5.74, 6) is 2.06. The zero-order valence-electron chi connectivity index (χ0n) is 18.5. The minimum Gasteiger partial charge on any atom is -0.497 e. The first-order chi connectivity index (χ1) is 16.0. The zero-order chi connectivity index (χ0) is 23.4. The highest BCUT2D eigenvalue weighted by Gasteiger charge is 2.17. The Balaban J connectivity index is 1.69. The monoisotopic (exact) mass is 478 g/mol. The van der Waals surface area contributed by atoms with E-state index < -0.39 is 0 Å². The lowest BCUT2D eigenvalue weighted by Gasteiger charge is -2.12. The van der Waals surface area contributed by atoms with Gasteiger partial charge in [0.2, 0.25) is 0 Å². The Morgan fingerprint density at radius 2 is 1.79 bits per heavy atom. The summed E-state index contributed by atoms with van der Waals surface area (Å²) in [6, 6.07) is 22.9. The molecule has 0 fully saturated rings. The fourth-order valence-corrected chi connectivity index (χ4v) is 4.36. The average molecular weight is 479 g/mol. The number of thioether (sulfide) groups is 1. The number of hydrogen-bond acceptors (Lipinski definition) is 5. The molecule has 4 aromatic rings. The second kappa shape index (κ2) is 10.1. The van der Waals surface area contributed by atoms with E-state index in [-0.39, 0.29) is 5.91 Å². The van der Waals surface area contributed by atoms with Crippen molar-refractivity contribution in [2.75, 3.05) is 21.2 Å². The van der Waals surface area contributed by atoms with Crippen LogP contribution in [0.5, 0.6) is 5.75 Å². The number of carbonyl (C=O) groups excluding carboxylic acids is 1. The molecule has 0 bridgehead atoms. The maximum atomic E-state index is 12.3. The van der Waals surface area contributed by atoms with E-state index in [1.807, 2.05) is 77.4 Å². The highest BCUT2D eigenvalue weighted by atomic mass is 35.5. The summed E-state index contributed by atoms with van der Waals surface area (Å²) >= 11 is 7.67. The molecule has 0 saturated heterocycles. The summed E-state index contributed by atoms with van der Waals surface area (Å²) < 4.78 is 7.39. The first-order valence-electron chi connectivity index (χ1n) is 10.3. The van der Waals surface area contributed by atoms with Crippen LogP contribution in [0.25, 0.3) is 17.1 Å². The first kappa shape index (κ1) is 22.9. The van der Waals surface area contributed by atoms with Gasteiger partial charge in [-0.1, -0.05) is 47.6 Å². The van der Waals surface area contributed by atoms with Gasteiger partial charge >= 0.3 is 0 Å². The summed E-state index contributed by atoms with van der Waals surface area (Å²) in [5.41, 5.74) is 3.49. The number of hydrogen-bond donors (Lipinski definition) is 0. The summed E-state index contributed by atoms with van der Waals surface area (Å²) in [6.45, 7) is 0. The van der Waals surface area contributed by atoms with Crippen LogP contribution >= 0.6 is 23.4 Å². The minimum atomic E-state index is -0.0218. The van der Waals surface area contributed by atoms with Gasteiger partial charge in [0.25, 0.3) is 5.91 Å². The van der Waals surface area contributed by atoms with E-state index in [1.54, 1.807) is 37.9 Å². The number of carbonyl (C=O) groups is 1. The molecule has 33 heavy (non-hydrogen) atoms. The predicted octanol–water partition coefficient (Wildman–Crippen LogP) is 5.59. The number of halogens is 1. The van der Waals surface area contributed by atoms with Gasteiger partial charge in [-0.2, -0.15) is 0 Å². The molecule has 4 rings (SSSR count). The summed E-state index contributed by atoms with van der Waals surface area (Å²) in [7, 11) is 5.14. The third kappa shape index (κ3) is 5.21. The number of aromatic nitrogens is 3. The van der Waals surface area contributed by atoms with Crippen LogP contribution in [-0.4, -0.2) is 46.8 Å². The molecule has 168 valence electrons. The Morgan fingerprint density at radius 1 is 1.03 bits per heavy atom. The second-order valence-corrected chi connectivity index (χ2v) is 8.92. The molecule has 0 atom stereocenters. The highest BCUT2D eigenvalue weighted by Crippen LogP contribution is 2.31. The SMILES string of the molecule is COc1cccc(-c2nnc(SCc3cccc(C(=O)N(C)C)c3)n2-c2ccc(Cl)cc2)c1. The largest absolute Gasteiger partial charge is 0.497 e. The summed E-state index contributed by atoms with van der Waals surface area (Å²) in [6.07, 6.45) is 0. The van der Waals surface area contributed by atoms with Crippen LogP contribution in [0.15, 0.2) is 78.0 Å². The van der Waals surface area contributed by atoms with Crippen molar-refractivity contribution >= 4 is 29.3 Å². The maximum Gasteiger partial charge on any atom is 0.253 e. The number of rotatable bonds is 7. The molecule has 6 nitrogen and oxygen atoms in total. The Hall–Kier alpha value is -3.29. The molecule has 0 N–H and O–H groups in total. The number of benzene rings is 3. The van der Waals surface area contributed by atoms with Crippen molar-refractivity contribution in [1.82, 2.24) is 19.7 Å². The van der Waals surface area contributed by atoms with Gasteiger partial charge in [-0.15, -0.1) is 10.2 Å². The minimum absolute atomic E-state index is 0.0218. The normalized spacial score (nSPS) is 10.8. The average Bonchev–Trinajstić information content (AvgIpc) is 3.27. The lowest BCUT2D eigenvalue weighted by molar-refractivity contribution is 0.0827. The Labute approximate surface area is 202 Å². The summed E-state index contributed by atoms with van der Waals surface area (Å²) in [5, 5.41) is 10.4. The van der Waals surface area contributed by atoms with Crippen molar-refractivity contribution in [1.29, 1.82) is 0 Å². The number of amides is 1. The van der Waals surface area contributed by atoms with Crippen molar-refractivity contribution in [3.8, 4) is 22.8 Å². The third-order valence-electron chi connectivity index (χ3n) is 4.99. The van der Waals surface area contributed by atoms with E-state index >= 15 is 0 Å². The van der Waals surface area contributed by atoms with Gasteiger partial charge in [-0.3, -0.25) is 9.36 Å². The molecule has 0 spiro atoms.